The van der Waals surface area contributed by atoms with E-state index in [1.54, 1.807) is 0 Å². The molecule has 0 amide bonds. The fourth-order valence-electron chi connectivity index (χ4n) is 3.50. The van der Waals surface area contributed by atoms with E-state index in [-0.39, 0.29) is 37.7 Å². The predicted molar refractivity (Wildman–Crippen MR) is 236 cm³/mol. The molecule has 0 aromatic carbocycles. The van der Waals surface area contributed by atoms with Crippen molar-refractivity contribution in [2.45, 2.75) is 230 Å². The topological polar surface area (TPSA) is 268 Å². The first-order valence-electron chi connectivity index (χ1n) is 21.5. The Kier molecular flexibility index (Phi) is 52.3. The van der Waals surface area contributed by atoms with Crippen LogP contribution in [0, 0.1) is 6.92 Å². The number of unbranched alkanes of at least 4 members (excludes halogenated alkanes) is 2. The number of rotatable bonds is 11. The van der Waals surface area contributed by atoms with Gasteiger partial charge < -0.3 is 60.9 Å². The van der Waals surface area contributed by atoms with Crippen LogP contribution < -0.4 is 43.0 Å². The number of cyclic esters (lactones) is 5. The maximum absolute atomic E-state index is 11.2. The predicted octanol–water partition coefficient (Wildman–Crippen LogP) is -0.0216. The average molecular weight is 925 g/mol. The third kappa shape index (κ3) is 47.1. The number of aliphatic carboxylic acids is 1. The number of nitrogens with one attached hydrogen (secondary N) is 1. The van der Waals surface area contributed by atoms with Gasteiger partial charge in [0.1, 0.15) is 6.10 Å². The Labute approximate surface area is 413 Å². The van der Waals surface area contributed by atoms with Gasteiger partial charge in [0.2, 0.25) is 0 Å². The van der Waals surface area contributed by atoms with E-state index in [0.717, 1.165) is 6.42 Å². The molecule has 21 heteroatoms. The number of carboxylic acid groups (broad SMARTS) is 1. The van der Waals surface area contributed by atoms with Crippen molar-refractivity contribution in [1.82, 2.24) is 5.32 Å². The van der Waals surface area contributed by atoms with Gasteiger partial charge in [-0.05, 0) is 55.4 Å². The van der Waals surface area contributed by atoms with Gasteiger partial charge in [0.05, 0.1) is 0 Å². The van der Waals surface area contributed by atoms with Gasteiger partial charge in [-0.15, -0.1) is 12.1 Å². The van der Waals surface area contributed by atoms with Crippen molar-refractivity contribution in [3.8, 4) is 0 Å². The van der Waals surface area contributed by atoms with Gasteiger partial charge in [-0.25, -0.2) is 38.4 Å². The molecule has 0 radical (unpaired) electrons. The van der Waals surface area contributed by atoms with E-state index >= 15 is 0 Å². The molecule has 0 spiro atoms. The van der Waals surface area contributed by atoms with Crippen LogP contribution in [0.1, 0.15) is 157 Å². The molecule has 0 aromatic rings. The number of carbonyl (C=O) groups is 8. The van der Waals surface area contributed by atoms with Gasteiger partial charge in [0.15, 0.2) is 42.7 Å². The number of nitrogens with zero attached hydrogens (tertiary/aromatic N) is 1. The van der Waals surface area contributed by atoms with Crippen LogP contribution in [0.15, 0.2) is 0 Å². The number of carbonyl (C=O) groups excluding carboxylic acids is 7. The molecule has 0 bridgehead atoms. The first kappa shape index (κ1) is 76.1. The molecule has 19 nitrogen and oxygen atoms in total. The van der Waals surface area contributed by atoms with Crippen LogP contribution in [-0.2, 0) is 71.5 Å². The van der Waals surface area contributed by atoms with Crippen molar-refractivity contribution >= 4 is 47.8 Å². The molecule has 2 fully saturated rings. The number of ether oxygens (including phenoxy) is 7. The Bertz CT molecular complexity index is 1210. The van der Waals surface area contributed by atoms with Crippen LogP contribution in [0.25, 0.3) is 5.32 Å². The standard InChI is InChI=1S/C9H14O7.C9H12O6.C6H15N.C6H14N.C6H8O4.C4H10.C4H9.2Li/c1-4(10)8(13)16-6(3)9(14)15-5(2)7(11)12;1-4-7(10)14-6(3)9(12)15-5(2)8(11)13-4;2*1-5(2)7-6(3)4;1-3-5(7)10-4(2)6(8)9-3;2*1-3-4-2;;/h4-6,10H,1-3H3,(H,11,12);4-6H,1-3H3;5-7H,1-4H3;5-6H,1-4H3;3-4H,1-2H3;3-4H2,1-2H3;1,3-4H2,2H3;;/q;;;-1;;;-1;2*+1/t2*4-,5-,6-;;;3-,4-;;;;/m00..0..../s1. The fraction of sp³-hybridized carbons (Fsp3) is 0.795. The fourth-order valence-corrected chi connectivity index (χ4v) is 3.50. The first-order chi connectivity index (χ1) is 28.9. The minimum Gasteiger partial charge on any atom is -0.658 e. The second-order valence-electron chi connectivity index (χ2n) is 15.2. The molecule has 2 rings (SSSR count). The van der Waals surface area contributed by atoms with Crippen LogP contribution in [0.2, 0.25) is 0 Å². The summed E-state index contributed by atoms with van der Waals surface area (Å²) in [6.45, 7) is 37.7. The Hall–Kier alpha value is -3.17. The Morgan fingerprint density at radius 3 is 0.938 bits per heavy atom. The van der Waals surface area contributed by atoms with Crippen molar-refractivity contribution in [3.05, 3.63) is 12.2 Å². The van der Waals surface area contributed by atoms with Crippen molar-refractivity contribution in [2.75, 3.05) is 0 Å². The van der Waals surface area contributed by atoms with E-state index in [1.165, 1.54) is 74.7 Å². The van der Waals surface area contributed by atoms with Gasteiger partial charge >= 0.3 is 85.5 Å². The van der Waals surface area contributed by atoms with Crippen LogP contribution >= 0.6 is 0 Å². The molecular weight excluding hydrogens is 842 g/mol. The summed E-state index contributed by atoms with van der Waals surface area (Å²) in [6.07, 6.45) is -3.60. The Balaban J connectivity index is -0.000000127. The van der Waals surface area contributed by atoms with E-state index in [0.29, 0.717) is 24.2 Å². The number of aliphatic hydroxyl groups excluding tert-OH is 1. The summed E-state index contributed by atoms with van der Waals surface area (Å²) < 4.78 is 32.3. The first-order valence-corrected chi connectivity index (χ1v) is 21.5. The van der Waals surface area contributed by atoms with Crippen LogP contribution in [0.4, 0.5) is 0 Å². The molecule has 65 heavy (non-hydrogen) atoms. The van der Waals surface area contributed by atoms with Gasteiger partial charge in [0.25, 0.3) is 0 Å². The second kappa shape index (κ2) is 44.7. The van der Waals surface area contributed by atoms with E-state index in [9.17, 15) is 38.4 Å². The normalized spacial score (nSPS) is 19.9. The zero-order valence-electron chi connectivity index (χ0n) is 43.4. The van der Waals surface area contributed by atoms with Gasteiger partial charge in [-0.2, -0.15) is 6.42 Å². The molecule has 0 aromatic heterocycles. The van der Waals surface area contributed by atoms with Crippen LogP contribution in [0.3, 0.4) is 0 Å². The smallest absolute Gasteiger partial charge is 0.658 e. The van der Waals surface area contributed by atoms with Gasteiger partial charge in [0, 0.05) is 12.1 Å². The van der Waals surface area contributed by atoms with E-state index in [4.69, 9.17) is 24.4 Å². The average Bonchev–Trinajstić information content (AvgIpc) is 3.19. The molecule has 2 saturated heterocycles. The summed E-state index contributed by atoms with van der Waals surface area (Å²) in [4.78, 5) is 87.4. The maximum Gasteiger partial charge on any atom is 1.00 e. The molecule has 372 valence electrons. The summed E-state index contributed by atoms with van der Waals surface area (Å²) in [7, 11) is 0. The molecule has 0 aliphatic carbocycles. The summed E-state index contributed by atoms with van der Waals surface area (Å²) in [5, 5.41) is 24.8. The molecule has 0 unspecified atom stereocenters. The van der Waals surface area contributed by atoms with E-state index < -0.39 is 96.6 Å². The largest absolute Gasteiger partial charge is 1.00 e. The maximum atomic E-state index is 11.2. The molecule has 2 aliphatic heterocycles. The zero-order valence-corrected chi connectivity index (χ0v) is 43.4. The molecular formula is C44H82Li2N2O17. The van der Waals surface area contributed by atoms with Crippen LogP contribution in [0.5, 0.6) is 0 Å². The minimum atomic E-state index is -1.35. The third-order valence-corrected chi connectivity index (χ3v) is 6.85. The minimum absolute atomic E-state index is 0. The third-order valence-electron chi connectivity index (χ3n) is 6.85. The number of aliphatic hydroxyl groups is 1. The van der Waals surface area contributed by atoms with E-state index in [2.05, 4.69) is 113 Å². The second-order valence-corrected chi connectivity index (χ2v) is 15.2. The number of esters is 7. The van der Waals surface area contributed by atoms with Crippen molar-refractivity contribution in [1.29, 1.82) is 0 Å². The molecule has 2 aliphatic rings. The van der Waals surface area contributed by atoms with Gasteiger partial charge in [-0.3, -0.25) is 0 Å². The quantitative estimate of drug-likeness (QED) is 0.106. The monoisotopic (exact) mass is 925 g/mol. The summed E-state index contributed by atoms with van der Waals surface area (Å²) in [6, 6.07) is 2.25. The van der Waals surface area contributed by atoms with Gasteiger partial charge in [-0.1, -0.05) is 95.4 Å². The van der Waals surface area contributed by atoms with E-state index in [1.807, 2.05) is 0 Å². The molecule has 8 atom stereocenters. The Morgan fingerprint density at radius 1 is 0.554 bits per heavy atom. The zero-order chi connectivity index (χ0) is 50.7. The number of carboxylic acids is 1. The van der Waals surface area contributed by atoms with Crippen molar-refractivity contribution in [2.24, 2.45) is 0 Å². The summed E-state index contributed by atoms with van der Waals surface area (Å²) >= 11 is 0. The van der Waals surface area contributed by atoms with Crippen molar-refractivity contribution in [3.63, 3.8) is 0 Å². The molecule has 3 N–H and O–H groups in total. The summed E-state index contributed by atoms with van der Waals surface area (Å²) in [5.41, 5.74) is 0. The number of hydrogen-bond acceptors (Lipinski definition) is 17. The SMILES string of the molecule is CC(C)NC(C)C.CC(C)[N-]C(C)C.CCCC.C[C@@H]1OC(=O)[C@H](C)OC(=O)[C@H](C)OC1=O.C[C@@H]1OC(=O)[C@H](C)OC1=O.C[C@H](O)C(=O)O[C@@H](C)C(=O)O[C@@H](C)C(=O)O.[CH2-]CCC.[Li+].[Li+]. The molecule has 0 saturated carbocycles. The number of hydrogen-bond donors (Lipinski definition) is 3. The Morgan fingerprint density at radius 2 is 0.800 bits per heavy atom. The van der Waals surface area contributed by atoms with Crippen molar-refractivity contribution < 1.29 is 119 Å². The molecule has 2 heterocycles. The van der Waals surface area contributed by atoms with Crippen LogP contribution in [-0.4, -0.2) is 131 Å². The summed E-state index contributed by atoms with van der Waals surface area (Å²) in [5.74, 6) is -6.51.